The van der Waals surface area contributed by atoms with E-state index in [2.05, 4.69) is 25.9 Å². The van der Waals surface area contributed by atoms with Crippen LogP contribution in [0.5, 0.6) is 0 Å². The number of H-pyrrole nitrogens is 1. The topological polar surface area (TPSA) is 33.6 Å². The van der Waals surface area contributed by atoms with Crippen LogP contribution in [0.4, 0.5) is 4.39 Å². The van der Waals surface area contributed by atoms with Crippen LogP contribution < -0.4 is 0 Å². The fourth-order valence-corrected chi connectivity index (χ4v) is 2.53. The average Bonchev–Trinajstić information content (AvgIpc) is 2.71. The van der Waals surface area contributed by atoms with E-state index in [1.54, 1.807) is 22.9 Å². The van der Waals surface area contributed by atoms with Gasteiger partial charge in [-0.3, -0.25) is 4.57 Å². The standard InChI is InChI=1S/C13H9BrFN3S/c1-7-4-5-16-12-11(7)17-13(19)18(12)8-2-3-9(14)10(15)6-8/h2-6H,1H3,(H,17,19). The summed E-state index contributed by atoms with van der Waals surface area (Å²) in [5, 5.41) is 0. The van der Waals surface area contributed by atoms with Crippen molar-refractivity contribution in [3.05, 3.63) is 51.1 Å². The first kappa shape index (κ1) is 12.5. The summed E-state index contributed by atoms with van der Waals surface area (Å²) in [5.41, 5.74) is 3.27. The van der Waals surface area contributed by atoms with Gasteiger partial charge in [-0.1, -0.05) is 0 Å². The van der Waals surface area contributed by atoms with Crippen molar-refractivity contribution in [2.75, 3.05) is 0 Å². The molecule has 1 aromatic carbocycles. The Bertz CT molecular complexity index is 838. The highest BCUT2D eigenvalue weighted by atomic mass is 79.9. The number of aryl methyl sites for hydroxylation is 1. The van der Waals surface area contributed by atoms with Gasteiger partial charge < -0.3 is 4.98 Å². The van der Waals surface area contributed by atoms with Crippen LogP contribution in [0.3, 0.4) is 0 Å². The lowest BCUT2D eigenvalue weighted by molar-refractivity contribution is 0.620. The normalized spacial score (nSPS) is 11.1. The van der Waals surface area contributed by atoms with Gasteiger partial charge in [0.2, 0.25) is 0 Å². The second-order valence-electron chi connectivity index (χ2n) is 4.19. The van der Waals surface area contributed by atoms with E-state index in [-0.39, 0.29) is 5.82 Å². The van der Waals surface area contributed by atoms with Crippen molar-refractivity contribution < 1.29 is 4.39 Å². The Labute approximate surface area is 122 Å². The van der Waals surface area contributed by atoms with E-state index < -0.39 is 0 Å². The van der Waals surface area contributed by atoms with Crippen molar-refractivity contribution in [3.8, 4) is 5.69 Å². The van der Waals surface area contributed by atoms with E-state index in [0.717, 1.165) is 11.1 Å². The number of nitrogens with one attached hydrogen (secondary N) is 1. The van der Waals surface area contributed by atoms with E-state index in [0.29, 0.717) is 20.6 Å². The average molecular weight is 338 g/mol. The molecule has 0 amide bonds. The van der Waals surface area contributed by atoms with Crippen molar-refractivity contribution in [3.63, 3.8) is 0 Å². The molecule has 0 bridgehead atoms. The molecule has 19 heavy (non-hydrogen) atoms. The molecule has 0 aliphatic rings. The molecule has 6 heteroatoms. The molecule has 96 valence electrons. The third kappa shape index (κ3) is 2.01. The quantitative estimate of drug-likeness (QED) is 0.672. The molecular formula is C13H9BrFN3S. The van der Waals surface area contributed by atoms with Gasteiger partial charge in [0.05, 0.1) is 15.7 Å². The Morgan fingerprint density at radius 3 is 2.89 bits per heavy atom. The third-order valence-electron chi connectivity index (χ3n) is 2.95. The monoisotopic (exact) mass is 337 g/mol. The van der Waals surface area contributed by atoms with E-state index in [4.69, 9.17) is 12.2 Å². The Kier molecular flexibility index (Phi) is 2.99. The molecule has 0 aliphatic carbocycles. The molecule has 0 aliphatic heterocycles. The highest BCUT2D eigenvalue weighted by molar-refractivity contribution is 9.10. The maximum atomic E-state index is 13.7. The molecule has 2 aromatic heterocycles. The second-order valence-corrected chi connectivity index (χ2v) is 5.43. The van der Waals surface area contributed by atoms with E-state index in [1.165, 1.54) is 6.07 Å². The van der Waals surface area contributed by atoms with Crippen molar-refractivity contribution >= 4 is 39.3 Å². The molecule has 3 aromatic rings. The number of hydrogen-bond acceptors (Lipinski definition) is 2. The lowest BCUT2D eigenvalue weighted by Gasteiger charge is -2.05. The maximum Gasteiger partial charge on any atom is 0.184 e. The number of pyridine rings is 1. The molecule has 0 unspecified atom stereocenters. The summed E-state index contributed by atoms with van der Waals surface area (Å²) in [4.78, 5) is 7.43. The minimum absolute atomic E-state index is 0.332. The maximum absolute atomic E-state index is 13.7. The predicted octanol–water partition coefficient (Wildman–Crippen LogP) is 4.29. The molecule has 1 N–H and O–H groups in total. The Balaban J connectivity index is 2.36. The van der Waals surface area contributed by atoms with Crippen LogP contribution in [-0.4, -0.2) is 14.5 Å². The van der Waals surface area contributed by atoms with Gasteiger partial charge in [0, 0.05) is 6.20 Å². The van der Waals surface area contributed by atoms with Crippen LogP contribution in [0.25, 0.3) is 16.9 Å². The van der Waals surface area contributed by atoms with Gasteiger partial charge in [0.15, 0.2) is 10.4 Å². The molecule has 2 heterocycles. The van der Waals surface area contributed by atoms with Crippen LogP contribution in [0, 0.1) is 17.5 Å². The first-order chi connectivity index (χ1) is 9.08. The molecule has 0 saturated carbocycles. The highest BCUT2D eigenvalue weighted by Gasteiger charge is 2.10. The number of rotatable bonds is 1. The fourth-order valence-electron chi connectivity index (χ4n) is 1.99. The van der Waals surface area contributed by atoms with Crippen LogP contribution in [0.15, 0.2) is 34.9 Å². The number of fused-ring (bicyclic) bond motifs is 1. The number of aromatic nitrogens is 3. The Morgan fingerprint density at radius 2 is 2.16 bits per heavy atom. The summed E-state index contributed by atoms with van der Waals surface area (Å²) in [6.45, 7) is 1.97. The van der Waals surface area contributed by atoms with Crippen molar-refractivity contribution in [1.82, 2.24) is 14.5 Å². The largest absolute Gasteiger partial charge is 0.329 e. The second kappa shape index (κ2) is 4.54. The Morgan fingerprint density at radius 1 is 1.37 bits per heavy atom. The number of imidazole rings is 1. The molecule has 0 radical (unpaired) electrons. The predicted molar refractivity (Wildman–Crippen MR) is 78.6 cm³/mol. The zero-order valence-corrected chi connectivity index (χ0v) is 12.3. The van der Waals surface area contributed by atoms with E-state index >= 15 is 0 Å². The summed E-state index contributed by atoms with van der Waals surface area (Å²) >= 11 is 8.44. The van der Waals surface area contributed by atoms with E-state index in [9.17, 15) is 4.39 Å². The van der Waals surface area contributed by atoms with Crippen LogP contribution in [0.2, 0.25) is 0 Å². The SMILES string of the molecule is Cc1ccnc2c1[nH]c(=S)n2-c1ccc(Br)c(F)c1. The Hall–Kier alpha value is -1.53. The van der Waals surface area contributed by atoms with Gasteiger partial charge in [-0.05, 0) is 64.9 Å². The number of aromatic amines is 1. The smallest absolute Gasteiger partial charge is 0.184 e. The summed E-state index contributed by atoms with van der Waals surface area (Å²) in [6, 6.07) is 6.78. The number of hydrogen-bond donors (Lipinski definition) is 1. The zero-order chi connectivity index (χ0) is 13.6. The summed E-state index contributed by atoms with van der Waals surface area (Å²) in [5.74, 6) is -0.332. The van der Waals surface area contributed by atoms with Gasteiger partial charge in [0.1, 0.15) is 5.82 Å². The molecule has 0 spiro atoms. The fraction of sp³-hybridized carbons (Fsp3) is 0.0769. The van der Waals surface area contributed by atoms with Crippen molar-refractivity contribution in [2.24, 2.45) is 0 Å². The molecular weight excluding hydrogens is 329 g/mol. The third-order valence-corrected chi connectivity index (χ3v) is 3.88. The van der Waals surface area contributed by atoms with Gasteiger partial charge in [-0.25, -0.2) is 9.37 Å². The van der Waals surface area contributed by atoms with Gasteiger partial charge in [-0.2, -0.15) is 0 Å². The number of benzene rings is 1. The van der Waals surface area contributed by atoms with Gasteiger partial charge in [0.25, 0.3) is 0 Å². The van der Waals surface area contributed by atoms with E-state index in [1.807, 2.05) is 13.0 Å². The highest BCUT2D eigenvalue weighted by Crippen LogP contribution is 2.23. The minimum atomic E-state index is -0.332. The minimum Gasteiger partial charge on any atom is -0.329 e. The van der Waals surface area contributed by atoms with Crippen molar-refractivity contribution in [2.45, 2.75) is 6.92 Å². The molecule has 0 atom stereocenters. The lowest BCUT2D eigenvalue weighted by Crippen LogP contribution is -1.96. The number of halogens is 2. The lowest BCUT2D eigenvalue weighted by atomic mass is 10.2. The van der Waals surface area contributed by atoms with Crippen LogP contribution in [-0.2, 0) is 0 Å². The summed E-state index contributed by atoms with van der Waals surface area (Å²) < 4.78 is 16.3. The first-order valence-electron chi connectivity index (χ1n) is 5.59. The van der Waals surface area contributed by atoms with Gasteiger partial charge >= 0.3 is 0 Å². The molecule has 3 nitrogen and oxygen atoms in total. The van der Waals surface area contributed by atoms with Crippen molar-refractivity contribution in [1.29, 1.82) is 0 Å². The molecule has 0 fully saturated rings. The number of nitrogens with zero attached hydrogens (tertiary/aromatic N) is 2. The first-order valence-corrected chi connectivity index (χ1v) is 6.80. The van der Waals surface area contributed by atoms with Gasteiger partial charge in [-0.15, -0.1) is 0 Å². The summed E-state index contributed by atoms with van der Waals surface area (Å²) in [7, 11) is 0. The molecule has 3 rings (SSSR count). The van der Waals surface area contributed by atoms with Crippen LogP contribution >= 0.6 is 28.1 Å². The summed E-state index contributed by atoms with van der Waals surface area (Å²) in [6.07, 6.45) is 1.71. The molecule has 0 saturated heterocycles. The zero-order valence-electron chi connectivity index (χ0n) is 9.95. The van der Waals surface area contributed by atoms with Crippen LogP contribution in [0.1, 0.15) is 5.56 Å².